The number of hydrogen-bond acceptors (Lipinski definition) is 4. The predicted octanol–water partition coefficient (Wildman–Crippen LogP) is 5.86. The van der Waals surface area contributed by atoms with Gasteiger partial charge in [0.25, 0.3) is 5.56 Å². The normalized spacial score (nSPS) is 11.3. The van der Waals surface area contributed by atoms with Gasteiger partial charge in [0.1, 0.15) is 10.3 Å². The van der Waals surface area contributed by atoms with Gasteiger partial charge in [-0.25, -0.2) is 0 Å². The van der Waals surface area contributed by atoms with E-state index >= 15 is 0 Å². The smallest absolute Gasteiger partial charge is 0.278 e. The first-order chi connectivity index (χ1) is 13.3. The fourth-order valence-electron chi connectivity index (χ4n) is 3.71. The highest BCUT2D eigenvalue weighted by molar-refractivity contribution is 7.73. The van der Waals surface area contributed by atoms with Crippen LogP contribution in [0.5, 0.6) is 0 Å². The molecule has 0 fully saturated rings. The molecule has 2 aromatic carbocycles. The monoisotopic (exact) mass is 425 g/mol. The fraction of sp³-hybridized carbons (Fsp3) is 0.190. The van der Waals surface area contributed by atoms with Crippen molar-refractivity contribution in [2.75, 3.05) is 0 Å². The minimum atomic E-state index is -0.141. The molecular weight excluding hydrogens is 406 g/mol. The summed E-state index contributed by atoms with van der Waals surface area (Å²) in [6.45, 7) is 8.05. The number of aromatic amines is 1. The van der Waals surface area contributed by atoms with Gasteiger partial charge in [-0.15, -0.1) is 0 Å². The Kier molecular flexibility index (Phi) is 4.69. The zero-order valence-corrected chi connectivity index (χ0v) is 18.4. The van der Waals surface area contributed by atoms with Crippen LogP contribution in [0, 0.1) is 36.4 Å². The summed E-state index contributed by atoms with van der Waals surface area (Å²) in [6, 6.07) is 12.0. The molecule has 0 bridgehead atoms. The van der Waals surface area contributed by atoms with Crippen LogP contribution in [-0.4, -0.2) is 14.1 Å². The van der Waals surface area contributed by atoms with Gasteiger partial charge < -0.3 is 4.98 Å². The van der Waals surface area contributed by atoms with E-state index in [0.29, 0.717) is 19.1 Å². The Morgan fingerprint density at radius 1 is 0.821 bits per heavy atom. The van der Waals surface area contributed by atoms with E-state index in [-0.39, 0.29) is 5.56 Å². The number of para-hydroxylation sites is 2. The van der Waals surface area contributed by atoms with Gasteiger partial charge in [-0.05, 0) is 74.4 Å². The van der Waals surface area contributed by atoms with Crippen molar-refractivity contribution < 1.29 is 0 Å². The van der Waals surface area contributed by atoms with Crippen LogP contribution in [0.2, 0.25) is 0 Å². The maximum absolute atomic E-state index is 13.4. The largest absolute Gasteiger partial charge is 0.316 e. The van der Waals surface area contributed by atoms with Crippen LogP contribution in [0.15, 0.2) is 41.2 Å². The molecule has 2 heterocycles. The Morgan fingerprint density at radius 3 is 1.79 bits per heavy atom. The van der Waals surface area contributed by atoms with Crippen molar-refractivity contribution >= 4 is 46.1 Å². The molecule has 0 aliphatic rings. The highest BCUT2D eigenvalue weighted by Gasteiger charge is 2.18. The van der Waals surface area contributed by atoms with E-state index in [1.807, 2.05) is 68.7 Å². The number of hydrogen-bond donors (Lipinski definition) is 1. The molecule has 4 nitrogen and oxygen atoms in total. The first-order valence-electron chi connectivity index (χ1n) is 8.85. The molecule has 0 spiro atoms. The Morgan fingerprint density at radius 2 is 1.29 bits per heavy atom. The van der Waals surface area contributed by atoms with Crippen LogP contribution in [0.25, 0.3) is 21.7 Å². The van der Waals surface area contributed by atoms with E-state index in [9.17, 15) is 4.79 Å². The van der Waals surface area contributed by atoms with Crippen LogP contribution < -0.4 is 5.56 Å². The van der Waals surface area contributed by atoms with Gasteiger partial charge in [0.05, 0.1) is 11.4 Å². The first-order valence-corrected chi connectivity index (χ1v) is 10.5. The van der Waals surface area contributed by atoms with Crippen molar-refractivity contribution in [3.63, 3.8) is 0 Å². The topological polar surface area (TPSA) is 42.7 Å². The minimum absolute atomic E-state index is 0.141. The lowest BCUT2D eigenvalue weighted by atomic mass is 10.1. The molecule has 0 atom stereocenters. The maximum atomic E-state index is 13.4. The molecule has 0 radical (unpaired) electrons. The van der Waals surface area contributed by atoms with Crippen molar-refractivity contribution in [2.45, 2.75) is 27.7 Å². The molecule has 28 heavy (non-hydrogen) atoms. The number of thiazole rings is 1. The quantitative estimate of drug-likeness (QED) is 0.409. The molecule has 0 saturated heterocycles. The molecular formula is C21H19N3OS3. The average Bonchev–Trinajstić information content (AvgIpc) is 2.94. The number of nitrogens with zero attached hydrogens (tertiary/aromatic N) is 2. The average molecular weight is 426 g/mol. The molecule has 0 saturated carbocycles. The lowest BCUT2D eigenvalue weighted by Crippen LogP contribution is -2.22. The van der Waals surface area contributed by atoms with E-state index in [0.717, 1.165) is 33.6 Å². The number of aromatic nitrogens is 3. The van der Waals surface area contributed by atoms with E-state index < -0.39 is 0 Å². The molecule has 1 N–H and O–H groups in total. The highest BCUT2D eigenvalue weighted by atomic mass is 32.1. The zero-order chi connectivity index (χ0) is 20.2. The van der Waals surface area contributed by atoms with Gasteiger partial charge >= 0.3 is 0 Å². The summed E-state index contributed by atoms with van der Waals surface area (Å²) in [4.78, 5) is 16.7. The van der Waals surface area contributed by atoms with Crippen LogP contribution >= 0.6 is 35.8 Å². The summed E-state index contributed by atoms with van der Waals surface area (Å²) in [5.74, 6) is 0. The summed E-state index contributed by atoms with van der Waals surface area (Å²) in [5, 5.41) is 0. The van der Waals surface area contributed by atoms with Crippen LogP contribution in [0.1, 0.15) is 22.3 Å². The molecule has 0 aliphatic carbocycles. The van der Waals surface area contributed by atoms with Gasteiger partial charge in [-0.1, -0.05) is 47.7 Å². The Bertz CT molecular complexity index is 1380. The predicted molar refractivity (Wildman–Crippen MR) is 122 cm³/mol. The molecule has 2 aromatic heterocycles. The Hall–Kier alpha value is -2.35. The maximum Gasteiger partial charge on any atom is 0.278 e. The zero-order valence-electron chi connectivity index (χ0n) is 16.0. The van der Waals surface area contributed by atoms with Gasteiger partial charge in [-0.3, -0.25) is 13.9 Å². The summed E-state index contributed by atoms with van der Waals surface area (Å²) >= 11 is 12.6. The van der Waals surface area contributed by atoms with E-state index in [4.69, 9.17) is 24.4 Å². The second kappa shape index (κ2) is 6.92. The van der Waals surface area contributed by atoms with E-state index in [1.165, 1.54) is 11.3 Å². The number of benzene rings is 2. The van der Waals surface area contributed by atoms with Crippen molar-refractivity contribution in [2.24, 2.45) is 0 Å². The summed E-state index contributed by atoms with van der Waals surface area (Å²) in [6.07, 6.45) is 0. The first kappa shape index (κ1) is 19.0. The van der Waals surface area contributed by atoms with Gasteiger partial charge in [0.15, 0.2) is 8.73 Å². The van der Waals surface area contributed by atoms with Crippen molar-refractivity contribution in [1.82, 2.24) is 14.1 Å². The van der Waals surface area contributed by atoms with E-state index in [1.54, 1.807) is 4.57 Å². The van der Waals surface area contributed by atoms with Crippen molar-refractivity contribution in [3.05, 3.63) is 77.7 Å². The SMILES string of the molecule is Cc1cccc(C)c1-n1c(=S)[nH]c2c(sc(=S)n2-c2c(C)cccc2C)c1=O. The number of fused-ring (bicyclic) bond motifs is 1. The number of rotatable bonds is 2. The molecule has 4 rings (SSSR count). The van der Waals surface area contributed by atoms with Crippen LogP contribution in [0.4, 0.5) is 0 Å². The summed E-state index contributed by atoms with van der Waals surface area (Å²) < 4.78 is 5.08. The minimum Gasteiger partial charge on any atom is -0.316 e. The molecule has 7 heteroatoms. The Labute approximate surface area is 176 Å². The number of H-pyrrole nitrogens is 1. The molecule has 0 aliphatic heterocycles. The summed E-state index contributed by atoms with van der Waals surface area (Å²) in [7, 11) is 0. The number of aryl methyl sites for hydroxylation is 4. The molecule has 4 aromatic rings. The van der Waals surface area contributed by atoms with Crippen molar-refractivity contribution in [3.8, 4) is 11.4 Å². The summed E-state index contributed by atoms with van der Waals surface area (Å²) in [5.41, 5.74) is 6.52. The third-order valence-electron chi connectivity index (χ3n) is 4.96. The Balaban J connectivity index is 2.14. The third kappa shape index (κ3) is 2.82. The van der Waals surface area contributed by atoms with Crippen LogP contribution in [0.3, 0.4) is 0 Å². The number of nitrogens with one attached hydrogen (secondary N) is 1. The van der Waals surface area contributed by atoms with Crippen LogP contribution in [-0.2, 0) is 0 Å². The van der Waals surface area contributed by atoms with E-state index in [2.05, 4.69) is 4.98 Å². The van der Waals surface area contributed by atoms with Crippen molar-refractivity contribution in [1.29, 1.82) is 0 Å². The molecule has 0 amide bonds. The highest BCUT2D eigenvalue weighted by Crippen LogP contribution is 2.28. The second-order valence-corrected chi connectivity index (χ2v) is 8.96. The lowest BCUT2D eigenvalue weighted by Gasteiger charge is -2.14. The van der Waals surface area contributed by atoms with Gasteiger partial charge in [0.2, 0.25) is 0 Å². The standard InChI is InChI=1S/C21H19N3OS3/c1-11-7-5-8-12(2)15(11)23-18-17(28-21(23)27)19(25)24(20(26)22-18)16-13(3)9-6-10-14(16)4/h5-10H,1-4H3,(H,22,26). The molecule has 0 unspecified atom stereocenters. The fourth-order valence-corrected chi connectivity index (χ4v) is 5.28. The van der Waals surface area contributed by atoms with Gasteiger partial charge in [0, 0.05) is 0 Å². The molecule has 142 valence electrons. The lowest BCUT2D eigenvalue weighted by molar-refractivity contribution is 0.909. The van der Waals surface area contributed by atoms with Gasteiger partial charge in [-0.2, -0.15) is 0 Å². The third-order valence-corrected chi connectivity index (χ3v) is 6.61. The second-order valence-electron chi connectivity index (χ2n) is 6.93.